The largest absolute Gasteiger partial charge is 0.352 e. The van der Waals surface area contributed by atoms with E-state index in [9.17, 15) is 4.79 Å². The van der Waals surface area contributed by atoms with Crippen LogP contribution < -0.4 is 5.32 Å². The van der Waals surface area contributed by atoms with Gasteiger partial charge in [-0.1, -0.05) is 65.7 Å². The molecule has 3 aromatic rings. The van der Waals surface area contributed by atoms with Crippen molar-refractivity contribution in [2.24, 2.45) is 0 Å². The number of carbonyl (C=O) groups excluding carboxylic acids is 1. The van der Waals surface area contributed by atoms with Crippen LogP contribution in [0.1, 0.15) is 33.8 Å². The van der Waals surface area contributed by atoms with Crippen LogP contribution in [0.5, 0.6) is 0 Å². The molecule has 0 aliphatic rings. The third-order valence-corrected chi connectivity index (χ3v) is 4.73. The van der Waals surface area contributed by atoms with Crippen LogP contribution in [-0.4, -0.2) is 12.5 Å². The van der Waals surface area contributed by atoms with Gasteiger partial charge in [-0.15, -0.1) is 0 Å². The van der Waals surface area contributed by atoms with Crippen LogP contribution in [0.25, 0.3) is 0 Å². The second kappa shape index (κ2) is 8.88. The first kappa shape index (κ1) is 18.5. The maximum absolute atomic E-state index is 12.3. The fraction of sp³-hybridized carbons (Fsp3) is 0.136. The minimum Gasteiger partial charge on any atom is -0.352 e. The Balaban J connectivity index is 1.75. The monoisotopic (exact) mass is 383 g/mol. The minimum absolute atomic E-state index is 0.0680. The quantitative estimate of drug-likeness (QED) is 0.559. The molecule has 132 valence electrons. The molecule has 26 heavy (non-hydrogen) atoms. The Labute approximate surface area is 163 Å². The second-order valence-corrected chi connectivity index (χ2v) is 6.95. The molecule has 0 bridgehead atoms. The zero-order valence-electron chi connectivity index (χ0n) is 14.2. The fourth-order valence-corrected chi connectivity index (χ4v) is 3.39. The van der Waals surface area contributed by atoms with E-state index in [4.69, 9.17) is 23.2 Å². The number of carbonyl (C=O) groups is 1. The summed E-state index contributed by atoms with van der Waals surface area (Å²) in [4.78, 5) is 12.3. The Morgan fingerprint density at radius 3 is 1.92 bits per heavy atom. The maximum Gasteiger partial charge on any atom is 0.251 e. The number of rotatable bonds is 6. The number of benzene rings is 3. The molecule has 0 unspecified atom stereocenters. The van der Waals surface area contributed by atoms with Gasteiger partial charge in [-0.2, -0.15) is 0 Å². The molecule has 0 saturated carbocycles. The van der Waals surface area contributed by atoms with Crippen molar-refractivity contribution < 1.29 is 4.79 Å². The predicted molar refractivity (Wildman–Crippen MR) is 108 cm³/mol. The summed E-state index contributed by atoms with van der Waals surface area (Å²) in [5.41, 5.74) is 2.87. The van der Waals surface area contributed by atoms with Gasteiger partial charge in [0, 0.05) is 28.1 Å². The van der Waals surface area contributed by atoms with E-state index in [1.54, 1.807) is 12.1 Å². The molecule has 1 N–H and O–H groups in total. The summed E-state index contributed by atoms with van der Waals surface area (Å²) in [6.45, 7) is 0.553. The smallest absolute Gasteiger partial charge is 0.251 e. The molecule has 0 aromatic heterocycles. The van der Waals surface area contributed by atoms with Crippen molar-refractivity contribution in [2.45, 2.75) is 12.3 Å². The van der Waals surface area contributed by atoms with E-state index in [1.807, 2.05) is 54.6 Å². The maximum atomic E-state index is 12.3. The van der Waals surface area contributed by atoms with Crippen molar-refractivity contribution >= 4 is 29.1 Å². The van der Waals surface area contributed by atoms with Crippen LogP contribution in [0, 0.1) is 0 Å². The highest BCUT2D eigenvalue weighted by molar-refractivity contribution is 6.31. The molecule has 4 heteroatoms. The SMILES string of the molecule is O=C(NCCC(c1cccc(Cl)c1)c1cccc(Cl)c1)c1ccccc1. The molecule has 0 fully saturated rings. The first-order valence-corrected chi connectivity index (χ1v) is 9.23. The lowest BCUT2D eigenvalue weighted by Gasteiger charge is -2.19. The Kier molecular flexibility index (Phi) is 6.32. The fourth-order valence-electron chi connectivity index (χ4n) is 2.99. The molecular formula is C22H19Cl2NO. The molecule has 0 saturated heterocycles. The van der Waals surface area contributed by atoms with Gasteiger partial charge < -0.3 is 5.32 Å². The average Bonchev–Trinajstić information content (AvgIpc) is 2.66. The third-order valence-electron chi connectivity index (χ3n) is 4.26. The average molecular weight is 384 g/mol. The van der Waals surface area contributed by atoms with Crippen molar-refractivity contribution in [1.29, 1.82) is 0 Å². The van der Waals surface area contributed by atoms with Crippen LogP contribution >= 0.6 is 23.2 Å². The zero-order valence-corrected chi connectivity index (χ0v) is 15.7. The standard InChI is InChI=1S/C22H19Cl2NO/c23-19-10-4-8-17(14-19)21(18-9-5-11-20(24)15-18)12-13-25-22(26)16-6-2-1-3-7-16/h1-11,14-15,21H,12-13H2,(H,25,26). The van der Waals surface area contributed by atoms with Crippen molar-refractivity contribution in [3.63, 3.8) is 0 Å². The van der Waals surface area contributed by atoms with Crippen LogP contribution in [-0.2, 0) is 0 Å². The molecule has 0 heterocycles. The summed E-state index contributed by atoms with van der Waals surface area (Å²) >= 11 is 12.4. The van der Waals surface area contributed by atoms with E-state index >= 15 is 0 Å². The molecule has 1 amide bonds. The lowest BCUT2D eigenvalue weighted by atomic mass is 9.88. The molecule has 0 spiro atoms. The molecule has 0 radical (unpaired) electrons. The molecule has 3 aromatic carbocycles. The van der Waals surface area contributed by atoms with Gasteiger partial charge in [0.1, 0.15) is 0 Å². The highest BCUT2D eigenvalue weighted by atomic mass is 35.5. The molecule has 0 atom stereocenters. The number of halogens is 2. The topological polar surface area (TPSA) is 29.1 Å². The van der Waals surface area contributed by atoms with Gasteiger partial charge in [0.2, 0.25) is 0 Å². The highest BCUT2D eigenvalue weighted by Gasteiger charge is 2.16. The van der Waals surface area contributed by atoms with Crippen LogP contribution in [0.2, 0.25) is 10.0 Å². The lowest BCUT2D eigenvalue weighted by molar-refractivity contribution is 0.0953. The number of hydrogen-bond donors (Lipinski definition) is 1. The van der Waals surface area contributed by atoms with E-state index in [0.717, 1.165) is 17.5 Å². The van der Waals surface area contributed by atoms with E-state index < -0.39 is 0 Å². The van der Waals surface area contributed by atoms with E-state index in [0.29, 0.717) is 22.2 Å². The number of nitrogens with one attached hydrogen (secondary N) is 1. The molecule has 0 aliphatic heterocycles. The zero-order chi connectivity index (χ0) is 18.4. The van der Waals surface area contributed by atoms with E-state index in [1.165, 1.54) is 0 Å². The van der Waals surface area contributed by atoms with Gasteiger partial charge >= 0.3 is 0 Å². The van der Waals surface area contributed by atoms with Crippen LogP contribution in [0.4, 0.5) is 0 Å². The minimum atomic E-state index is -0.0680. The van der Waals surface area contributed by atoms with Gasteiger partial charge in [0.05, 0.1) is 0 Å². The summed E-state index contributed by atoms with van der Waals surface area (Å²) in [5.74, 6) is 0.0324. The van der Waals surface area contributed by atoms with Crippen molar-refractivity contribution in [3.05, 3.63) is 106 Å². The summed E-state index contributed by atoms with van der Waals surface area (Å²) in [6.07, 6.45) is 0.749. The first-order chi connectivity index (χ1) is 12.6. The Morgan fingerprint density at radius 2 is 1.38 bits per heavy atom. The summed E-state index contributed by atoms with van der Waals surface area (Å²) in [6, 6.07) is 24.9. The first-order valence-electron chi connectivity index (χ1n) is 8.47. The number of hydrogen-bond acceptors (Lipinski definition) is 1. The molecular weight excluding hydrogens is 365 g/mol. The van der Waals surface area contributed by atoms with Gasteiger partial charge in [0.15, 0.2) is 0 Å². The van der Waals surface area contributed by atoms with Crippen molar-refractivity contribution in [1.82, 2.24) is 5.32 Å². The normalized spacial score (nSPS) is 10.7. The van der Waals surface area contributed by atoms with Crippen molar-refractivity contribution in [2.75, 3.05) is 6.54 Å². The third kappa shape index (κ3) is 4.87. The Hall–Kier alpha value is -2.29. The van der Waals surface area contributed by atoms with E-state index in [-0.39, 0.29) is 11.8 Å². The van der Waals surface area contributed by atoms with Crippen LogP contribution in [0.3, 0.4) is 0 Å². The summed E-state index contributed by atoms with van der Waals surface area (Å²) < 4.78 is 0. The summed E-state index contributed by atoms with van der Waals surface area (Å²) in [7, 11) is 0. The predicted octanol–water partition coefficient (Wildman–Crippen LogP) is 5.95. The van der Waals surface area contributed by atoms with Gasteiger partial charge in [-0.3, -0.25) is 4.79 Å². The second-order valence-electron chi connectivity index (χ2n) is 6.07. The number of amides is 1. The molecule has 2 nitrogen and oxygen atoms in total. The Morgan fingerprint density at radius 1 is 0.808 bits per heavy atom. The lowest BCUT2D eigenvalue weighted by Crippen LogP contribution is -2.25. The van der Waals surface area contributed by atoms with E-state index in [2.05, 4.69) is 17.4 Å². The highest BCUT2D eigenvalue weighted by Crippen LogP contribution is 2.30. The van der Waals surface area contributed by atoms with Gasteiger partial charge in [-0.05, 0) is 53.9 Å². The molecule has 3 rings (SSSR count). The Bertz CT molecular complexity index is 835. The van der Waals surface area contributed by atoms with Gasteiger partial charge in [-0.25, -0.2) is 0 Å². The van der Waals surface area contributed by atoms with Crippen LogP contribution in [0.15, 0.2) is 78.9 Å². The van der Waals surface area contributed by atoms with Gasteiger partial charge in [0.25, 0.3) is 5.91 Å². The molecule has 0 aliphatic carbocycles. The van der Waals surface area contributed by atoms with Crippen molar-refractivity contribution in [3.8, 4) is 0 Å². The summed E-state index contributed by atoms with van der Waals surface area (Å²) in [5, 5.41) is 4.39.